The molecule has 0 bridgehead atoms. The van der Waals surface area contributed by atoms with Crippen molar-refractivity contribution in [1.29, 1.82) is 0 Å². The molecular weight excluding hydrogens is 290 g/mol. The lowest BCUT2D eigenvalue weighted by Crippen LogP contribution is -2.46. The van der Waals surface area contributed by atoms with E-state index < -0.39 is 0 Å². The van der Waals surface area contributed by atoms with Crippen molar-refractivity contribution in [3.8, 4) is 0 Å². The molecule has 5 heteroatoms. The zero-order valence-electron chi connectivity index (χ0n) is 14.3. The first-order valence-electron chi connectivity index (χ1n) is 8.21. The van der Waals surface area contributed by atoms with Crippen molar-refractivity contribution in [2.45, 2.75) is 32.6 Å². The maximum Gasteiger partial charge on any atom is 0.225 e. The Morgan fingerprint density at radius 3 is 2.43 bits per heavy atom. The Hall–Kier alpha value is -1.88. The molecular formula is C18H27N3O2. The van der Waals surface area contributed by atoms with Crippen LogP contribution in [0.3, 0.4) is 0 Å². The summed E-state index contributed by atoms with van der Waals surface area (Å²) in [6.45, 7) is 10.3. The van der Waals surface area contributed by atoms with Crippen LogP contribution in [0.1, 0.15) is 32.8 Å². The lowest BCUT2D eigenvalue weighted by molar-refractivity contribution is -0.120. The van der Waals surface area contributed by atoms with Gasteiger partial charge in [0.25, 0.3) is 0 Å². The minimum Gasteiger partial charge on any atom is -0.343 e. The average molecular weight is 317 g/mol. The molecule has 1 aromatic carbocycles. The van der Waals surface area contributed by atoms with Crippen LogP contribution in [0.4, 0.5) is 5.69 Å². The lowest BCUT2D eigenvalue weighted by Gasteiger charge is -2.32. The van der Waals surface area contributed by atoms with Gasteiger partial charge >= 0.3 is 0 Å². The molecule has 1 aromatic rings. The molecule has 0 radical (unpaired) electrons. The van der Waals surface area contributed by atoms with Gasteiger partial charge in [0.1, 0.15) is 0 Å². The summed E-state index contributed by atoms with van der Waals surface area (Å²) >= 11 is 0. The predicted octanol–water partition coefficient (Wildman–Crippen LogP) is 2.09. The number of rotatable bonds is 5. The molecule has 0 atom stereocenters. The Bertz CT molecular complexity index is 543. The number of carbonyl (C=O) groups is 2. The fourth-order valence-corrected chi connectivity index (χ4v) is 2.81. The first-order chi connectivity index (χ1) is 10.9. The number of amides is 2. The van der Waals surface area contributed by atoms with E-state index in [9.17, 15) is 9.59 Å². The number of nitrogens with one attached hydrogen (secondary N) is 1. The van der Waals surface area contributed by atoms with Crippen molar-refractivity contribution in [3.05, 3.63) is 29.8 Å². The highest BCUT2D eigenvalue weighted by Crippen LogP contribution is 2.29. The van der Waals surface area contributed by atoms with Gasteiger partial charge in [0.05, 0.1) is 0 Å². The first kappa shape index (κ1) is 17.5. The number of hydrogen-bond acceptors (Lipinski definition) is 3. The van der Waals surface area contributed by atoms with Crippen LogP contribution in [0.2, 0.25) is 0 Å². The molecule has 0 aliphatic carbocycles. The number of piperazine rings is 1. The fraction of sp³-hybridized carbons (Fsp3) is 0.556. The highest BCUT2D eigenvalue weighted by molar-refractivity contribution is 5.91. The third kappa shape index (κ3) is 5.06. The van der Waals surface area contributed by atoms with Gasteiger partial charge in [-0.3, -0.25) is 14.5 Å². The molecule has 1 heterocycles. The molecule has 5 nitrogen and oxygen atoms in total. The topological polar surface area (TPSA) is 52.7 Å². The lowest BCUT2D eigenvalue weighted by atomic mass is 9.86. The Morgan fingerprint density at radius 1 is 1.17 bits per heavy atom. The summed E-state index contributed by atoms with van der Waals surface area (Å²) in [6, 6.07) is 7.97. The minimum atomic E-state index is -0.00493. The Kier molecular flexibility index (Phi) is 5.77. The number of para-hydroxylation sites is 1. The summed E-state index contributed by atoms with van der Waals surface area (Å²) < 4.78 is 0. The molecule has 0 unspecified atom stereocenters. The summed E-state index contributed by atoms with van der Waals surface area (Å²) in [6.07, 6.45) is 1.37. The first-order valence-corrected chi connectivity index (χ1v) is 8.21. The maximum atomic E-state index is 12.3. The number of nitrogens with zero attached hydrogens (tertiary/aromatic N) is 2. The molecule has 0 saturated carbocycles. The van der Waals surface area contributed by atoms with Gasteiger partial charge in [-0.1, -0.05) is 39.0 Å². The SMILES string of the molecule is CC(C)(C)c1ccccc1NC(=O)CCN1CCN(C=O)CC1. The molecule has 0 spiro atoms. The van der Waals surface area contributed by atoms with Gasteiger partial charge in [-0.2, -0.15) is 0 Å². The normalized spacial score (nSPS) is 16.2. The summed E-state index contributed by atoms with van der Waals surface area (Å²) in [4.78, 5) is 26.9. The van der Waals surface area contributed by atoms with Crippen molar-refractivity contribution in [2.24, 2.45) is 0 Å². The summed E-state index contributed by atoms with van der Waals surface area (Å²) in [7, 11) is 0. The molecule has 1 aliphatic heterocycles. The second-order valence-electron chi connectivity index (χ2n) is 7.08. The molecule has 1 aliphatic rings. The van der Waals surface area contributed by atoms with Crippen molar-refractivity contribution >= 4 is 18.0 Å². The number of benzene rings is 1. The van der Waals surface area contributed by atoms with Gasteiger partial charge in [0.15, 0.2) is 0 Å². The fourth-order valence-electron chi connectivity index (χ4n) is 2.81. The molecule has 1 saturated heterocycles. The predicted molar refractivity (Wildman–Crippen MR) is 92.5 cm³/mol. The largest absolute Gasteiger partial charge is 0.343 e. The van der Waals surface area contributed by atoms with Gasteiger partial charge in [-0.25, -0.2) is 0 Å². The molecule has 2 amide bonds. The molecule has 23 heavy (non-hydrogen) atoms. The van der Waals surface area contributed by atoms with Crippen molar-refractivity contribution in [2.75, 3.05) is 38.0 Å². The standard InChI is InChI=1S/C18H27N3O2/c1-18(2,3)15-6-4-5-7-16(15)19-17(23)8-9-20-10-12-21(14-22)13-11-20/h4-7,14H,8-13H2,1-3H3,(H,19,23). The Morgan fingerprint density at radius 2 is 1.83 bits per heavy atom. The van der Waals surface area contributed by atoms with Crippen LogP contribution in [-0.2, 0) is 15.0 Å². The van der Waals surface area contributed by atoms with E-state index in [2.05, 4.69) is 37.1 Å². The van der Waals surface area contributed by atoms with Crippen LogP contribution in [-0.4, -0.2) is 54.8 Å². The molecule has 1 fully saturated rings. The van der Waals surface area contributed by atoms with Crippen molar-refractivity contribution in [3.63, 3.8) is 0 Å². The number of anilines is 1. The van der Waals surface area contributed by atoms with Crippen LogP contribution in [0, 0.1) is 0 Å². The summed E-state index contributed by atoms with van der Waals surface area (Å²) in [5.41, 5.74) is 2.04. The van der Waals surface area contributed by atoms with Crippen LogP contribution in [0.15, 0.2) is 24.3 Å². The molecule has 0 aromatic heterocycles. The van der Waals surface area contributed by atoms with Crippen LogP contribution in [0.25, 0.3) is 0 Å². The van der Waals surface area contributed by atoms with Crippen LogP contribution in [0.5, 0.6) is 0 Å². The molecule has 2 rings (SSSR count). The zero-order chi connectivity index (χ0) is 16.9. The summed E-state index contributed by atoms with van der Waals surface area (Å²) in [5, 5.41) is 3.04. The molecule has 1 N–H and O–H groups in total. The second-order valence-corrected chi connectivity index (χ2v) is 7.08. The highest BCUT2D eigenvalue weighted by atomic mass is 16.1. The monoisotopic (exact) mass is 317 g/mol. The third-order valence-electron chi connectivity index (χ3n) is 4.22. The minimum absolute atomic E-state index is 0.00493. The summed E-state index contributed by atoms with van der Waals surface area (Å²) in [5.74, 6) is 0.0412. The third-order valence-corrected chi connectivity index (χ3v) is 4.22. The average Bonchev–Trinajstić information content (AvgIpc) is 2.53. The number of hydrogen-bond donors (Lipinski definition) is 1. The van der Waals surface area contributed by atoms with Gasteiger partial charge in [0.2, 0.25) is 12.3 Å². The Balaban J connectivity index is 1.85. The van der Waals surface area contributed by atoms with E-state index >= 15 is 0 Å². The van der Waals surface area contributed by atoms with E-state index in [4.69, 9.17) is 0 Å². The zero-order valence-corrected chi connectivity index (χ0v) is 14.3. The maximum absolute atomic E-state index is 12.3. The molecule has 126 valence electrons. The van der Waals surface area contributed by atoms with E-state index in [0.29, 0.717) is 6.42 Å². The van der Waals surface area contributed by atoms with E-state index in [0.717, 1.165) is 50.4 Å². The van der Waals surface area contributed by atoms with E-state index in [1.807, 2.05) is 18.2 Å². The van der Waals surface area contributed by atoms with Crippen molar-refractivity contribution in [1.82, 2.24) is 9.80 Å². The smallest absolute Gasteiger partial charge is 0.225 e. The van der Waals surface area contributed by atoms with Gasteiger partial charge in [-0.15, -0.1) is 0 Å². The van der Waals surface area contributed by atoms with Crippen LogP contribution >= 0.6 is 0 Å². The van der Waals surface area contributed by atoms with E-state index in [1.54, 1.807) is 4.90 Å². The van der Waals surface area contributed by atoms with Crippen LogP contribution < -0.4 is 5.32 Å². The van der Waals surface area contributed by atoms with Gasteiger partial charge in [-0.05, 0) is 17.0 Å². The quantitative estimate of drug-likeness (QED) is 0.846. The second kappa shape index (κ2) is 7.59. The number of carbonyl (C=O) groups excluding carboxylic acids is 2. The van der Waals surface area contributed by atoms with Crippen molar-refractivity contribution < 1.29 is 9.59 Å². The van der Waals surface area contributed by atoms with E-state index in [-0.39, 0.29) is 11.3 Å². The van der Waals surface area contributed by atoms with Gasteiger partial charge < -0.3 is 10.2 Å². The van der Waals surface area contributed by atoms with E-state index in [1.165, 1.54) is 0 Å². The highest BCUT2D eigenvalue weighted by Gasteiger charge is 2.19. The van der Waals surface area contributed by atoms with Gasteiger partial charge in [0, 0.05) is 44.8 Å². The Labute approximate surface area is 138 Å².